The van der Waals surface area contributed by atoms with E-state index in [1.807, 2.05) is 20.8 Å². The average molecular weight is 263 g/mol. The Balaban J connectivity index is 2.91. The van der Waals surface area contributed by atoms with Crippen molar-refractivity contribution in [2.24, 2.45) is 5.92 Å². The lowest BCUT2D eigenvalue weighted by molar-refractivity contribution is 0.0494. The number of hydrogen-bond acceptors (Lipinski definition) is 4. The molecule has 1 saturated heterocycles. The summed E-state index contributed by atoms with van der Waals surface area (Å²) in [7, 11) is -3.08. The molecule has 1 unspecified atom stereocenters. The minimum atomic E-state index is -3.08. The van der Waals surface area contributed by atoms with Crippen LogP contribution in [0.5, 0.6) is 0 Å². The van der Waals surface area contributed by atoms with Crippen molar-refractivity contribution in [1.82, 2.24) is 5.32 Å². The van der Waals surface area contributed by atoms with Crippen molar-refractivity contribution in [3.63, 3.8) is 0 Å². The van der Waals surface area contributed by atoms with Gasteiger partial charge in [0.2, 0.25) is 0 Å². The number of ether oxygens (including phenoxy) is 1. The minimum absolute atomic E-state index is 0.00593. The maximum Gasteiger partial charge on any atom is 0.154 e. The van der Waals surface area contributed by atoms with Crippen LogP contribution in [0.3, 0.4) is 0 Å². The van der Waals surface area contributed by atoms with Crippen molar-refractivity contribution in [3.8, 4) is 0 Å². The monoisotopic (exact) mass is 263 g/mol. The SMILES string of the molecule is CCNC(C1CCOCC1)C(C)(C)S(C)(=O)=O. The molecule has 5 heteroatoms. The summed E-state index contributed by atoms with van der Waals surface area (Å²) in [5, 5.41) is 3.36. The molecule has 0 saturated carbocycles. The van der Waals surface area contributed by atoms with E-state index in [9.17, 15) is 8.42 Å². The van der Waals surface area contributed by atoms with E-state index in [0.717, 1.165) is 32.6 Å². The lowest BCUT2D eigenvalue weighted by Crippen LogP contribution is -2.56. The maximum atomic E-state index is 11.9. The molecule has 0 aromatic carbocycles. The molecule has 0 aromatic heterocycles. The van der Waals surface area contributed by atoms with Gasteiger partial charge in [0.1, 0.15) is 0 Å². The van der Waals surface area contributed by atoms with E-state index in [2.05, 4.69) is 5.32 Å². The van der Waals surface area contributed by atoms with Gasteiger partial charge in [0, 0.05) is 25.5 Å². The highest BCUT2D eigenvalue weighted by Gasteiger charge is 2.42. The molecule has 1 aliphatic heterocycles. The first-order chi connectivity index (χ1) is 7.80. The molecule has 1 atom stereocenters. The van der Waals surface area contributed by atoms with Gasteiger partial charge in [0.05, 0.1) is 4.75 Å². The van der Waals surface area contributed by atoms with Crippen LogP contribution in [-0.4, -0.2) is 45.2 Å². The van der Waals surface area contributed by atoms with Gasteiger partial charge in [0.15, 0.2) is 9.84 Å². The first-order valence-corrected chi connectivity index (χ1v) is 8.20. The molecule has 0 bridgehead atoms. The van der Waals surface area contributed by atoms with E-state index in [1.165, 1.54) is 6.26 Å². The number of rotatable bonds is 5. The Hall–Kier alpha value is -0.130. The standard InChI is InChI=1S/C12H25NO3S/c1-5-13-11(10-6-8-16-9-7-10)12(2,3)17(4,14)15/h10-11,13H,5-9H2,1-4H3. The molecule has 0 amide bonds. The minimum Gasteiger partial charge on any atom is -0.381 e. The summed E-state index contributed by atoms with van der Waals surface area (Å²) >= 11 is 0. The summed E-state index contributed by atoms with van der Waals surface area (Å²) in [6.45, 7) is 7.95. The molecule has 0 aliphatic carbocycles. The molecular formula is C12H25NO3S. The van der Waals surface area contributed by atoms with E-state index in [0.29, 0.717) is 5.92 Å². The Morgan fingerprint density at radius 3 is 2.29 bits per heavy atom. The summed E-state index contributed by atoms with van der Waals surface area (Å²) in [4.78, 5) is 0. The van der Waals surface area contributed by atoms with Crippen LogP contribution < -0.4 is 5.32 Å². The van der Waals surface area contributed by atoms with Gasteiger partial charge in [-0.2, -0.15) is 0 Å². The predicted molar refractivity (Wildman–Crippen MR) is 69.9 cm³/mol. The molecule has 0 aromatic rings. The molecule has 0 spiro atoms. The van der Waals surface area contributed by atoms with Crippen molar-refractivity contribution in [2.45, 2.75) is 44.4 Å². The zero-order valence-corrected chi connectivity index (χ0v) is 12.1. The van der Waals surface area contributed by atoms with Crippen molar-refractivity contribution in [3.05, 3.63) is 0 Å². The van der Waals surface area contributed by atoms with Crippen molar-refractivity contribution in [1.29, 1.82) is 0 Å². The molecule has 17 heavy (non-hydrogen) atoms. The quantitative estimate of drug-likeness (QED) is 0.810. The van der Waals surface area contributed by atoms with Crippen LogP contribution in [0.15, 0.2) is 0 Å². The molecule has 1 fully saturated rings. The largest absolute Gasteiger partial charge is 0.381 e. The smallest absolute Gasteiger partial charge is 0.154 e. The van der Waals surface area contributed by atoms with E-state index in [4.69, 9.17) is 4.74 Å². The van der Waals surface area contributed by atoms with Crippen molar-refractivity contribution < 1.29 is 13.2 Å². The molecule has 1 heterocycles. The van der Waals surface area contributed by atoms with Crippen LogP contribution >= 0.6 is 0 Å². The molecule has 1 aliphatic rings. The van der Waals surface area contributed by atoms with Crippen molar-refractivity contribution >= 4 is 9.84 Å². The van der Waals surface area contributed by atoms with Gasteiger partial charge < -0.3 is 10.1 Å². The summed E-state index contributed by atoms with van der Waals surface area (Å²) in [6, 6.07) is 0.00593. The van der Waals surface area contributed by atoms with Gasteiger partial charge >= 0.3 is 0 Å². The van der Waals surface area contributed by atoms with E-state index in [-0.39, 0.29) is 6.04 Å². The summed E-state index contributed by atoms with van der Waals surface area (Å²) in [5.74, 6) is 0.383. The fourth-order valence-electron chi connectivity index (χ4n) is 2.48. The zero-order valence-electron chi connectivity index (χ0n) is 11.3. The Morgan fingerprint density at radius 1 is 1.35 bits per heavy atom. The second-order valence-corrected chi connectivity index (χ2v) is 7.96. The Kier molecular flexibility index (Phi) is 4.98. The third kappa shape index (κ3) is 3.42. The summed E-state index contributed by atoms with van der Waals surface area (Å²) < 4.78 is 28.5. The normalized spacial score (nSPS) is 21.4. The van der Waals surface area contributed by atoms with Crippen LogP contribution in [0, 0.1) is 5.92 Å². The lowest BCUT2D eigenvalue weighted by atomic mass is 9.84. The second kappa shape index (κ2) is 5.67. The fraction of sp³-hybridized carbons (Fsp3) is 1.00. The van der Waals surface area contributed by atoms with Crippen LogP contribution in [0.25, 0.3) is 0 Å². The second-order valence-electron chi connectivity index (χ2n) is 5.36. The lowest BCUT2D eigenvalue weighted by Gasteiger charge is -2.40. The first-order valence-electron chi connectivity index (χ1n) is 6.31. The van der Waals surface area contributed by atoms with Crippen LogP contribution in [0.1, 0.15) is 33.6 Å². The summed E-state index contributed by atoms with van der Waals surface area (Å²) in [5.41, 5.74) is 0. The van der Waals surface area contributed by atoms with Crippen LogP contribution in [-0.2, 0) is 14.6 Å². The van der Waals surface area contributed by atoms with Gasteiger partial charge in [-0.25, -0.2) is 8.42 Å². The Bertz CT molecular complexity index is 332. The highest BCUT2D eigenvalue weighted by molar-refractivity contribution is 7.92. The number of sulfone groups is 1. The Labute approximate surface area is 105 Å². The van der Waals surface area contributed by atoms with Gasteiger partial charge in [0.25, 0.3) is 0 Å². The molecule has 1 N–H and O–H groups in total. The molecule has 1 rings (SSSR count). The number of nitrogens with one attached hydrogen (secondary N) is 1. The zero-order chi connectivity index (χ0) is 13.1. The molecular weight excluding hydrogens is 238 g/mol. The van der Waals surface area contributed by atoms with Crippen LogP contribution in [0.2, 0.25) is 0 Å². The first kappa shape index (κ1) is 14.9. The maximum absolute atomic E-state index is 11.9. The van der Waals surface area contributed by atoms with E-state index < -0.39 is 14.6 Å². The highest BCUT2D eigenvalue weighted by atomic mass is 32.2. The van der Waals surface area contributed by atoms with E-state index in [1.54, 1.807) is 0 Å². The highest BCUT2D eigenvalue weighted by Crippen LogP contribution is 2.30. The van der Waals surface area contributed by atoms with Gasteiger partial charge in [-0.15, -0.1) is 0 Å². The Morgan fingerprint density at radius 2 is 1.88 bits per heavy atom. The third-order valence-corrected chi connectivity index (χ3v) is 6.03. The summed E-state index contributed by atoms with van der Waals surface area (Å²) in [6.07, 6.45) is 3.21. The predicted octanol–water partition coefficient (Wildman–Crippen LogP) is 1.21. The third-order valence-electron chi connectivity index (χ3n) is 3.87. The van der Waals surface area contributed by atoms with Crippen LogP contribution in [0.4, 0.5) is 0 Å². The van der Waals surface area contributed by atoms with Crippen molar-refractivity contribution in [2.75, 3.05) is 26.0 Å². The van der Waals surface area contributed by atoms with E-state index >= 15 is 0 Å². The number of hydrogen-bond donors (Lipinski definition) is 1. The molecule has 4 nitrogen and oxygen atoms in total. The average Bonchev–Trinajstić information content (AvgIpc) is 2.25. The van der Waals surface area contributed by atoms with Gasteiger partial charge in [-0.3, -0.25) is 0 Å². The molecule has 0 radical (unpaired) electrons. The molecule has 102 valence electrons. The fourth-order valence-corrected chi connectivity index (χ4v) is 3.22. The van der Waals surface area contributed by atoms with Gasteiger partial charge in [-0.05, 0) is 39.2 Å². The topological polar surface area (TPSA) is 55.4 Å². The van der Waals surface area contributed by atoms with Gasteiger partial charge in [-0.1, -0.05) is 6.92 Å².